The van der Waals surface area contributed by atoms with Gasteiger partial charge in [0.15, 0.2) is 0 Å². The summed E-state index contributed by atoms with van der Waals surface area (Å²) in [4.78, 5) is 2.18. The quantitative estimate of drug-likeness (QED) is 0.824. The zero-order chi connectivity index (χ0) is 13.1. The molecule has 1 aliphatic rings. The van der Waals surface area contributed by atoms with E-state index in [4.69, 9.17) is 0 Å². The average molecular weight is 250 g/mol. The fourth-order valence-electron chi connectivity index (χ4n) is 2.57. The molecule has 0 aliphatic carbocycles. The van der Waals surface area contributed by atoms with Gasteiger partial charge >= 0.3 is 0 Å². The maximum Gasteiger partial charge on any atom is 0.146 e. The van der Waals surface area contributed by atoms with E-state index in [0.29, 0.717) is 12.1 Å². The van der Waals surface area contributed by atoms with Crippen LogP contribution in [0.3, 0.4) is 0 Å². The lowest BCUT2D eigenvalue weighted by Crippen LogP contribution is -2.43. The lowest BCUT2D eigenvalue weighted by molar-refractivity contribution is 0.403. The molecule has 0 aromatic heterocycles. The van der Waals surface area contributed by atoms with Crippen molar-refractivity contribution in [3.05, 3.63) is 29.6 Å². The third-order valence-electron chi connectivity index (χ3n) is 3.68. The van der Waals surface area contributed by atoms with Crippen LogP contribution in [0.2, 0.25) is 0 Å². The Morgan fingerprint density at radius 2 is 1.78 bits per heavy atom. The number of benzene rings is 1. The van der Waals surface area contributed by atoms with Gasteiger partial charge < -0.3 is 10.2 Å². The van der Waals surface area contributed by atoms with Crippen molar-refractivity contribution in [2.45, 2.75) is 45.7 Å². The van der Waals surface area contributed by atoms with Gasteiger partial charge in [0.05, 0.1) is 5.69 Å². The summed E-state index contributed by atoms with van der Waals surface area (Å²) in [6, 6.07) is 6.52. The van der Waals surface area contributed by atoms with Crippen LogP contribution in [0.25, 0.3) is 0 Å². The predicted octanol–water partition coefficient (Wildman–Crippen LogP) is 3.10. The molecule has 1 N–H and O–H groups in total. The van der Waals surface area contributed by atoms with Gasteiger partial charge in [0.1, 0.15) is 5.82 Å². The maximum absolute atomic E-state index is 14.0. The summed E-state index contributed by atoms with van der Waals surface area (Å²) < 4.78 is 14.0. The number of nitrogens with zero attached hydrogens (tertiary/aromatic N) is 1. The molecule has 2 nitrogen and oxygen atoms in total. The van der Waals surface area contributed by atoms with E-state index < -0.39 is 0 Å². The number of aryl methyl sites for hydroxylation is 1. The number of rotatable bonds is 1. The molecule has 2 rings (SSSR count). The largest absolute Gasteiger partial charge is 0.369 e. The average Bonchev–Trinajstić information content (AvgIpc) is 2.28. The molecule has 0 radical (unpaired) electrons. The van der Waals surface area contributed by atoms with Crippen LogP contribution in [0, 0.1) is 12.7 Å². The monoisotopic (exact) mass is 250 g/mol. The van der Waals surface area contributed by atoms with Crippen molar-refractivity contribution in [2.75, 3.05) is 18.0 Å². The van der Waals surface area contributed by atoms with Crippen molar-refractivity contribution in [1.82, 2.24) is 5.32 Å². The SMILES string of the molecule is Cc1ccc(N2CCC(C)NC(C)CC2)c(F)c1. The topological polar surface area (TPSA) is 15.3 Å². The molecule has 0 bridgehead atoms. The van der Waals surface area contributed by atoms with Crippen molar-refractivity contribution < 1.29 is 4.39 Å². The number of hydrogen-bond acceptors (Lipinski definition) is 2. The Hall–Kier alpha value is -1.09. The first-order chi connectivity index (χ1) is 8.56. The van der Waals surface area contributed by atoms with Gasteiger partial charge in [-0.05, 0) is 51.3 Å². The lowest BCUT2D eigenvalue weighted by atomic mass is 10.1. The predicted molar refractivity (Wildman–Crippen MR) is 74.6 cm³/mol. The summed E-state index contributed by atoms with van der Waals surface area (Å²) in [7, 11) is 0. The van der Waals surface area contributed by atoms with Crippen LogP contribution in [-0.4, -0.2) is 25.2 Å². The molecule has 1 heterocycles. The Bertz CT molecular complexity index is 393. The fraction of sp³-hybridized carbons (Fsp3) is 0.600. The van der Waals surface area contributed by atoms with E-state index in [2.05, 4.69) is 24.1 Å². The van der Waals surface area contributed by atoms with Crippen LogP contribution >= 0.6 is 0 Å². The van der Waals surface area contributed by atoms with Gasteiger partial charge in [0, 0.05) is 25.2 Å². The minimum Gasteiger partial charge on any atom is -0.369 e. The second-order valence-electron chi connectivity index (χ2n) is 5.49. The van der Waals surface area contributed by atoms with E-state index in [1.807, 2.05) is 19.1 Å². The van der Waals surface area contributed by atoms with Crippen molar-refractivity contribution in [3.63, 3.8) is 0 Å². The lowest BCUT2D eigenvalue weighted by Gasteiger charge is -2.32. The van der Waals surface area contributed by atoms with E-state index in [0.717, 1.165) is 37.2 Å². The van der Waals surface area contributed by atoms with Gasteiger partial charge in [-0.2, -0.15) is 0 Å². The van der Waals surface area contributed by atoms with Crippen LogP contribution in [0.5, 0.6) is 0 Å². The molecule has 3 heteroatoms. The number of nitrogens with one attached hydrogen (secondary N) is 1. The minimum atomic E-state index is -0.0937. The van der Waals surface area contributed by atoms with Crippen molar-refractivity contribution >= 4 is 5.69 Å². The van der Waals surface area contributed by atoms with Crippen molar-refractivity contribution in [1.29, 1.82) is 0 Å². The first-order valence-electron chi connectivity index (χ1n) is 6.83. The first-order valence-corrected chi connectivity index (χ1v) is 6.83. The van der Waals surface area contributed by atoms with E-state index >= 15 is 0 Å². The molecule has 2 atom stereocenters. The highest BCUT2D eigenvalue weighted by atomic mass is 19.1. The van der Waals surface area contributed by atoms with E-state index in [9.17, 15) is 4.39 Å². The third kappa shape index (κ3) is 3.22. The van der Waals surface area contributed by atoms with Crippen molar-refractivity contribution in [2.24, 2.45) is 0 Å². The minimum absolute atomic E-state index is 0.0937. The summed E-state index contributed by atoms with van der Waals surface area (Å²) in [5.74, 6) is -0.0937. The molecule has 0 saturated carbocycles. The van der Waals surface area contributed by atoms with Gasteiger partial charge in [0.25, 0.3) is 0 Å². The second-order valence-corrected chi connectivity index (χ2v) is 5.49. The summed E-state index contributed by atoms with van der Waals surface area (Å²) in [5.41, 5.74) is 1.73. The maximum atomic E-state index is 14.0. The van der Waals surface area contributed by atoms with Gasteiger partial charge in [-0.3, -0.25) is 0 Å². The second kappa shape index (κ2) is 5.70. The molecule has 18 heavy (non-hydrogen) atoms. The molecule has 1 aromatic carbocycles. The highest BCUT2D eigenvalue weighted by Crippen LogP contribution is 2.22. The Morgan fingerprint density at radius 1 is 1.17 bits per heavy atom. The zero-order valence-corrected chi connectivity index (χ0v) is 11.5. The summed E-state index contributed by atoms with van der Waals surface area (Å²) in [6.45, 7) is 8.16. The van der Waals surface area contributed by atoms with Gasteiger partial charge in [-0.15, -0.1) is 0 Å². The summed E-state index contributed by atoms with van der Waals surface area (Å²) >= 11 is 0. The summed E-state index contributed by atoms with van der Waals surface area (Å²) in [6.07, 6.45) is 2.11. The van der Waals surface area contributed by atoms with Crippen molar-refractivity contribution in [3.8, 4) is 0 Å². The smallest absolute Gasteiger partial charge is 0.146 e. The van der Waals surface area contributed by atoms with Gasteiger partial charge in [-0.1, -0.05) is 6.07 Å². The molecule has 2 unspecified atom stereocenters. The molecule has 1 saturated heterocycles. The third-order valence-corrected chi connectivity index (χ3v) is 3.68. The van der Waals surface area contributed by atoms with E-state index in [-0.39, 0.29) is 5.82 Å². The first kappa shape index (κ1) is 13.3. The van der Waals surface area contributed by atoms with Gasteiger partial charge in [0.2, 0.25) is 0 Å². The van der Waals surface area contributed by atoms with Crippen LogP contribution in [0.1, 0.15) is 32.3 Å². The van der Waals surface area contributed by atoms with E-state index in [1.165, 1.54) is 0 Å². The molecule has 100 valence electrons. The van der Waals surface area contributed by atoms with Gasteiger partial charge in [-0.25, -0.2) is 4.39 Å². The molecule has 1 fully saturated rings. The normalized spacial score (nSPS) is 25.7. The molecule has 0 amide bonds. The molecule has 1 aliphatic heterocycles. The highest BCUT2D eigenvalue weighted by molar-refractivity contribution is 5.49. The van der Waals surface area contributed by atoms with Crippen LogP contribution in [0.4, 0.5) is 10.1 Å². The Morgan fingerprint density at radius 3 is 2.33 bits per heavy atom. The standard InChI is InChI=1S/C15H23FN2/c1-11-4-5-15(14(16)10-11)18-8-6-12(2)17-13(3)7-9-18/h4-5,10,12-13,17H,6-9H2,1-3H3. The zero-order valence-electron chi connectivity index (χ0n) is 11.5. The molecular weight excluding hydrogens is 227 g/mol. The van der Waals surface area contributed by atoms with Crippen LogP contribution in [0.15, 0.2) is 18.2 Å². The number of hydrogen-bond donors (Lipinski definition) is 1. The number of halogens is 1. The van der Waals surface area contributed by atoms with Crippen LogP contribution in [-0.2, 0) is 0 Å². The molecule has 1 aromatic rings. The highest BCUT2D eigenvalue weighted by Gasteiger charge is 2.18. The fourth-order valence-corrected chi connectivity index (χ4v) is 2.57. The van der Waals surface area contributed by atoms with Crippen LogP contribution < -0.4 is 10.2 Å². The summed E-state index contributed by atoms with van der Waals surface area (Å²) in [5, 5.41) is 3.56. The molecular formula is C15H23FN2. The Labute approximate surface area is 109 Å². The Balaban J connectivity index is 2.15. The van der Waals surface area contributed by atoms with E-state index in [1.54, 1.807) is 6.07 Å². The molecule has 0 spiro atoms. The number of anilines is 1. The Kier molecular flexibility index (Phi) is 4.23.